The quantitative estimate of drug-likeness (QED) is 0.828. The van der Waals surface area contributed by atoms with Crippen LogP contribution in [0.4, 0.5) is 5.69 Å². The van der Waals surface area contributed by atoms with Gasteiger partial charge in [-0.25, -0.2) is 4.79 Å². The van der Waals surface area contributed by atoms with Crippen molar-refractivity contribution < 1.29 is 9.53 Å². The number of nitrogens with one attached hydrogen (secondary N) is 1. The van der Waals surface area contributed by atoms with E-state index in [1.165, 1.54) is 0 Å². The first-order valence-electron chi connectivity index (χ1n) is 6.75. The minimum atomic E-state index is -0.456. The second-order valence-electron chi connectivity index (χ2n) is 5.79. The summed E-state index contributed by atoms with van der Waals surface area (Å²) >= 11 is 0. The maximum absolute atomic E-state index is 12.0. The molecule has 0 atom stereocenters. The lowest BCUT2D eigenvalue weighted by atomic mass is 10.1. The minimum absolute atomic E-state index is 0.260. The molecule has 0 radical (unpaired) electrons. The van der Waals surface area contributed by atoms with Crippen LogP contribution in [0, 0.1) is 0 Å². The number of esters is 1. The summed E-state index contributed by atoms with van der Waals surface area (Å²) in [7, 11) is 0. The number of anilines is 1. The molecule has 0 bridgehead atoms. The number of hydrogen-bond acceptors (Lipinski definition) is 4. The SMILES string of the molecule is CC(C)(C)OC(=O)c1cccc(N2CCNCC2)c1. The smallest absolute Gasteiger partial charge is 0.338 e. The van der Waals surface area contributed by atoms with E-state index in [-0.39, 0.29) is 5.97 Å². The Labute approximate surface area is 114 Å². The fourth-order valence-electron chi connectivity index (χ4n) is 2.09. The third kappa shape index (κ3) is 3.96. The van der Waals surface area contributed by atoms with Crippen molar-refractivity contribution in [2.24, 2.45) is 0 Å². The lowest BCUT2D eigenvalue weighted by Gasteiger charge is -2.29. The third-order valence-corrected chi connectivity index (χ3v) is 2.96. The molecule has 4 nitrogen and oxygen atoms in total. The van der Waals surface area contributed by atoms with E-state index in [1.54, 1.807) is 6.07 Å². The van der Waals surface area contributed by atoms with E-state index in [9.17, 15) is 4.79 Å². The Balaban J connectivity index is 2.12. The van der Waals surface area contributed by atoms with Crippen LogP contribution in [0.15, 0.2) is 24.3 Å². The van der Waals surface area contributed by atoms with E-state index in [0.717, 1.165) is 31.9 Å². The molecule has 0 unspecified atom stereocenters. The number of benzene rings is 1. The molecule has 1 aromatic rings. The van der Waals surface area contributed by atoms with Crippen molar-refractivity contribution in [1.82, 2.24) is 5.32 Å². The van der Waals surface area contributed by atoms with Crippen LogP contribution in [-0.4, -0.2) is 37.7 Å². The van der Waals surface area contributed by atoms with Crippen LogP contribution in [0.3, 0.4) is 0 Å². The molecule has 0 saturated carbocycles. The van der Waals surface area contributed by atoms with Gasteiger partial charge in [-0.3, -0.25) is 0 Å². The predicted molar refractivity (Wildman–Crippen MR) is 76.7 cm³/mol. The maximum Gasteiger partial charge on any atom is 0.338 e. The van der Waals surface area contributed by atoms with E-state index in [2.05, 4.69) is 10.2 Å². The van der Waals surface area contributed by atoms with Gasteiger partial charge < -0.3 is 15.0 Å². The van der Waals surface area contributed by atoms with Crippen LogP contribution in [-0.2, 0) is 4.74 Å². The Morgan fingerprint density at radius 3 is 2.58 bits per heavy atom. The monoisotopic (exact) mass is 262 g/mol. The number of hydrogen-bond donors (Lipinski definition) is 1. The Kier molecular flexibility index (Phi) is 4.10. The Bertz CT molecular complexity index is 446. The summed E-state index contributed by atoms with van der Waals surface area (Å²) in [6.45, 7) is 9.55. The molecule has 0 amide bonds. The van der Waals surface area contributed by atoms with Gasteiger partial charge >= 0.3 is 5.97 Å². The summed E-state index contributed by atoms with van der Waals surface area (Å²) in [4.78, 5) is 14.3. The topological polar surface area (TPSA) is 41.6 Å². The first-order valence-corrected chi connectivity index (χ1v) is 6.75. The average molecular weight is 262 g/mol. The molecule has 1 aliphatic rings. The van der Waals surface area contributed by atoms with Crippen LogP contribution < -0.4 is 10.2 Å². The molecule has 2 rings (SSSR count). The van der Waals surface area contributed by atoms with E-state index >= 15 is 0 Å². The summed E-state index contributed by atoms with van der Waals surface area (Å²) in [5.74, 6) is -0.260. The molecule has 0 spiro atoms. The van der Waals surface area contributed by atoms with Crippen molar-refractivity contribution >= 4 is 11.7 Å². The van der Waals surface area contributed by atoms with Crippen LogP contribution in [0.25, 0.3) is 0 Å². The summed E-state index contributed by atoms with van der Waals surface area (Å²) in [6, 6.07) is 7.68. The van der Waals surface area contributed by atoms with Crippen LogP contribution in [0.1, 0.15) is 31.1 Å². The molecule has 1 aliphatic heterocycles. The highest BCUT2D eigenvalue weighted by Crippen LogP contribution is 2.19. The molecule has 1 saturated heterocycles. The van der Waals surface area contributed by atoms with Crippen LogP contribution >= 0.6 is 0 Å². The van der Waals surface area contributed by atoms with Gasteiger partial charge in [-0.05, 0) is 39.0 Å². The largest absolute Gasteiger partial charge is 0.456 e. The second-order valence-corrected chi connectivity index (χ2v) is 5.79. The second kappa shape index (κ2) is 5.61. The maximum atomic E-state index is 12.0. The zero-order chi connectivity index (χ0) is 13.9. The number of ether oxygens (including phenoxy) is 1. The summed E-state index contributed by atoms with van der Waals surface area (Å²) in [5.41, 5.74) is 1.25. The van der Waals surface area contributed by atoms with Crippen molar-refractivity contribution in [3.05, 3.63) is 29.8 Å². The zero-order valence-corrected chi connectivity index (χ0v) is 11.9. The highest BCUT2D eigenvalue weighted by molar-refractivity contribution is 5.90. The number of carbonyl (C=O) groups excluding carboxylic acids is 1. The third-order valence-electron chi connectivity index (χ3n) is 2.96. The molecule has 1 aromatic carbocycles. The van der Waals surface area contributed by atoms with Crippen molar-refractivity contribution in [3.8, 4) is 0 Å². The van der Waals surface area contributed by atoms with Gasteiger partial charge in [0, 0.05) is 31.9 Å². The molecule has 0 aliphatic carbocycles. The van der Waals surface area contributed by atoms with E-state index in [4.69, 9.17) is 4.74 Å². The van der Waals surface area contributed by atoms with Gasteiger partial charge in [-0.2, -0.15) is 0 Å². The minimum Gasteiger partial charge on any atom is -0.456 e. The highest BCUT2D eigenvalue weighted by atomic mass is 16.6. The van der Waals surface area contributed by atoms with E-state index < -0.39 is 5.60 Å². The Hall–Kier alpha value is -1.55. The molecule has 0 aromatic heterocycles. The van der Waals surface area contributed by atoms with Gasteiger partial charge in [0.2, 0.25) is 0 Å². The fourth-order valence-corrected chi connectivity index (χ4v) is 2.09. The standard InChI is InChI=1S/C15H22N2O2/c1-15(2,3)19-14(18)12-5-4-6-13(11-12)17-9-7-16-8-10-17/h4-6,11,16H,7-10H2,1-3H3. The molecular weight excluding hydrogens is 240 g/mol. The molecule has 1 N–H and O–H groups in total. The molecule has 19 heavy (non-hydrogen) atoms. The van der Waals surface area contributed by atoms with Gasteiger partial charge in [-0.1, -0.05) is 6.07 Å². The number of piperazine rings is 1. The van der Waals surface area contributed by atoms with Gasteiger partial charge in [0.25, 0.3) is 0 Å². The number of nitrogens with zero attached hydrogens (tertiary/aromatic N) is 1. The lowest BCUT2D eigenvalue weighted by molar-refractivity contribution is 0.00696. The fraction of sp³-hybridized carbons (Fsp3) is 0.533. The molecule has 1 fully saturated rings. The molecule has 104 valence electrons. The first kappa shape index (κ1) is 13.9. The Morgan fingerprint density at radius 1 is 1.26 bits per heavy atom. The summed E-state index contributed by atoms with van der Waals surface area (Å²) in [5, 5.41) is 3.32. The van der Waals surface area contributed by atoms with E-state index in [1.807, 2.05) is 39.0 Å². The van der Waals surface area contributed by atoms with Crippen molar-refractivity contribution in [3.63, 3.8) is 0 Å². The van der Waals surface area contributed by atoms with Gasteiger partial charge in [0.05, 0.1) is 5.56 Å². The summed E-state index contributed by atoms with van der Waals surface area (Å²) in [6.07, 6.45) is 0. The van der Waals surface area contributed by atoms with E-state index in [0.29, 0.717) is 5.56 Å². The van der Waals surface area contributed by atoms with Crippen molar-refractivity contribution in [2.45, 2.75) is 26.4 Å². The number of rotatable bonds is 2. The highest BCUT2D eigenvalue weighted by Gasteiger charge is 2.19. The average Bonchev–Trinajstić information content (AvgIpc) is 2.38. The lowest BCUT2D eigenvalue weighted by Crippen LogP contribution is -2.43. The summed E-state index contributed by atoms with van der Waals surface area (Å²) < 4.78 is 5.40. The van der Waals surface area contributed by atoms with Crippen molar-refractivity contribution in [2.75, 3.05) is 31.1 Å². The first-order chi connectivity index (χ1) is 8.96. The zero-order valence-electron chi connectivity index (χ0n) is 11.9. The van der Waals surface area contributed by atoms with Gasteiger partial charge in [0.1, 0.15) is 5.60 Å². The molecule has 1 heterocycles. The normalized spacial score (nSPS) is 16.3. The molecule has 4 heteroatoms. The predicted octanol–water partition coefficient (Wildman–Crippen LogP) is 2.05. The van der Waals surface area contributed by atoms with Gasteiger partial charge in [-0.15, -0.1) is 0 Å². The van der Waals surface area contributed by atoms with Gasteiger partial charge in [0.15, 0.2) is 0 Å². The van der Waals surface area contributed by atoms with Crippen molar-refractivity contribution in [1.29, 1.82) is 0 Å². The molecular formula is C15H22N2O2. The van der Waals surface area contributed by atoms with Crippen LogP contribution in [0.5, 0.6) is 0 Å². The number of carbonyl (C=O) groups is 1. The Morgan fingerprint density at radius 2 is 1.95 bits per heavy atom. The van der Waals surface area contributed by atoms with Crippen LogP contribution in [0.2, 0.25) is 0 Å².